The molecule has 1 aliphatic rings. The van der Waals surface area contributed by atoms with Gasteiger partial charge in [-0.05, 0) is 32.1 Å². The summed E-state index contributed by atoms with van der Waals surface area (Å²) < 4.78 is 0. The average molecular weight is 216 g/mol. The quantitative estimate of drug-likeness (QED) is 0.709. The lowest BCUT2D eigenvalue weighted by Gasteiger charge is -2.25. The van der Waals surface area contributed by atoms with Crippen molar-refractivity contribution in [3.63, 3.8) is 0 Å². The van der Waals surface area contributed by atoms with Gasteiger partial charge in [0.2, 0.25) is 0 Å². The molecule has 0 bridgehead atoms. The number of piperidine rings is 1. The Labute approximate surface area is 92.6 Å². The zero-order valence-electron chi connectivity index (χ0n) is 9.51. The summed E-state index contributed by atoms with van der Waals surface area (Å²) in [5.41, 5.74) is 0. The van der Waals surface area contributed by atoms with Crippen LogP contribution in [0.2, 0.25) is 0 Å². The van der Waals surface area contributed by atoms with Crippen LogP contribution in [0.15, 0.2) is 0 Å². The first-order valence-electron chi connectivity index (χ1n) is 5.87. The average Bonchev–Trinajstić information content (AvgIpc) is 2.25. The molecule has 1 aliphatic heterocycles. The largest absolute Gasteiger partial charge is 0.313 e. The number of nitrogens with one attached hydrogen (secondary N) is 2. The first kappa shape index (κ1) is 12.3. The van der Waals surface area contributed by atoms with E-state index >= 15 is 0 Å². The van der Waals surface area contributed by atoms with E-state index in [2.05, 4.69) is 24.5 Å². The standard InChI is InChI=1S/C11H24N2S/c1-3-14-9-10(2)13-8-11-6-4-5-7-12-11/h10-13H,3-9H2,1-2H3. The predicted octanol–water partition coefficient (Wildman–Crippen LogP) is 1.86. The van der Waals surface area contributed by atoms with Gasteiger partial charge in [0.1, 0.15) is 0 Å². The van der Waals surface area contributed by atoms with Crippen LogP contribution in [0.1, 0.15) is 33.1 Å². The summed E-state index contributed by atoms with van der Waals surface area (Å²) in [5, 5.41) is 7.17. The van der Waals surface area contributed by atoms with Gasteiger partial charge in [-0.25, -0.2) is 0 Å². The molecule has 0 radical (unpaired) electrons. The third-order valence-electron chi connectivity index (χ3n) is 2.70. The van der Waals surface area contributed by atoms with Crippen LogP contribution >= 0.6 is 11.8 Å². The van der Waals surface area contributed by atoms with Crippen LogP contribution in [-0.2, 0) is 0 Å². The fourth-order valence-electron chi connectivity index (χ4n) is 1.80. The maximum Gasteiger partial charge on any atom is 0.0192 e. The molecule has 0 saturated carbocycles. The summed E-state index contributed by atoms with van der Waals surface area (Å²) in [4.78, 5) is 0. The third-order valence-corrected chi connectivity index (χ3v) is 3.84. The lowest BCUT2D eigenvalue weighted by Crippen LogP contribution is -2.44. The highest BCUT2D eigenvalue weighted by Gasteiger charge is 2.12. The molecule has 1 saturated heterocycles. The molecular weight excluding hydrogens is 192 g/mol. The molecule has 0 spiro atoms. The lowest BCUT2D eigenvalue weighted by molar-refractivity contribution is 0.374. The summed E-state index contributed by atoms with van der Waals surface area (Å²) >= 11 is 2.02. The van der Waals surface area contributed by atoms with Crippen molar-refractivity contribution < 1.29 is 0 Å². The van der Waals surface area contributed by atoms with Crippen LogP contribution in [0, 0.1) is 0 Å². The van der Waals surface area contributed by atoms with Gasteiger partial charge in [-0.3, -0.25) is 0 Å². The third kappa shape index (κ3) is 5.23. The second-order valence-corrected chi connectivity index (χ2v) is 5.43. The maximum atomic E-state index is 3.60. The molecule has 0 aromatic heterocycles. The van der Waals surface area contributed by atoms with Crippen molar-refractivity contribution in [1.29, 1.82) is 0 Å². The monoisotopic (exact) mass is 216 g/mol. The van der Waals surface area contributed by atoms with E-state index in [0.29, 0.717) is 6.04 Å². The molecule has 14 heavy (non-hydrogen) atoms. The van der Waals surface area contributed by atoms with E-state index in [-0.39, 0.29) is 0 Å². The molecule has 2 atom stereocenters. The Balaban J connectivity index is 2.00. The van der Waals surface area contributed by atoms with Gasteiger partial charge in [-0.1, -0.05) is 13.3 Å². The molecule has 0 aromatic carbocycles. The van der Waals surface area contributed by atoms with Gasteiger partial charge in [-0.15, -0.1) is 0 Å². The first-order chi connectivity index (χ1) is 6.83. The minimum atomic E-state index is 0.656. The predicted molar refractivity (Wildman–Crippen MR) is 66.1 cm³/mol. The molecule has 2 N–H and O–H groups in total. The molecule has 2 unspecified atom stereocenters. The molecule has 1 rings (SSSR count). The first-order valence-corrected chi connectivity index (χ1v) is 7.03. The van der Waals surface area contributed by atoms with Crippen molar-refractivity contribution in [2.24, 2.45) is 0 Å². The van der Waals surface area contributed by atoms with Crippen LogP contribution in [0.3, 0.4) is 0 Å². The number of hydrogen-bond acceptors (Lipinski definition) is 3. The van der Waals surface area contributed by atoms with E-state index in [0.717, 1.165) is 12.6 Å². The van der Waals surface area contributed by atoms with Crippen LogP contribution in [0.25, 0.3) is 0 Å². The Morgan fingerprint density at radius 1 is 1.50 bits per heavy atom. The molecule has 1 heterocycles. The number of thioether (sulfide) groups is 1. The lowest BCUT2D eigenvalue weighted by atomic mass is 10.1. The topological polar surface area (TPSA) is 24.1 Å². The Morgan fingerprint density at radius 2 is 2.36 bits per heavy atom. The second-order valence-electron chi connectivity index (χ2n) is 4.12. The van der Waals surface area contributed by atoms with Gasteiger partial charge in [0, 0.05) is 24.4 Å². The SMILES string of the molecule is CCSCC(C)NCC1CCCCN1. The molecule has 3 heteroatoms. The molecule has 0 aromatic rings. The Kier molecular flexibility index (Phi) is 6.65. The molecular formula is C11H24N2S. The van der Waals surface area contributed by atoms with E-state index in [9.17, 15) is 0 Å². The highest BCUT2D eigenvalue weighted by Crippen LogP contribution is 2.06. The van der Waals surface area contributed by atoms with Crippen molar-refractivity contribution >= 4 is 11.8 Å². The Bertz CT molecular complexity index is 135. The van der Waals surface area contributed by atoms with Crippen LogP contribution in [0.5, 0.6) is 0 Å². The minimum Gasteiger partial charge on any atom is -0.313 e. The maximum absolute atomic E-state index is 3.60. The van der Waals surface area contributed by atoms with Crippen LogP contribution in [-0.4, -0.2) is 36.7 Å². The molecule has 1 fully saturated rings. The van der Waals surface area contributed by atoms with E-state index in [1.165, 1.54) is 37.3 Å². The summed E-state index contributed by atoms with van der Waals surface area (Å²) in [6.07, 6.45) is 4.11. The number of hydrogen-bond donors (Lipinski definition) is 2. The highest BCUT2D eigenvalue weighted by atomic mass is 32.2. The van der Waals surface area contributed by atoms with E-state index in [4.69, 9.17) is 0 Å². The van der Waals surface area contributed by atoms with Gasteiger partial charge in [0.25, 0.3) is 0 Å². The van der Waals surface area contributed by atoms with Crippen molar-refractivity contribution in [2.45, 2.75) is 45.2 Å². The minimum absolute atomic E-state index is 0.656. The van der Waals surface area contributed by atoms with Gasteiger partial charge in [0.05, 0.1) is 0 Å². The van der Waals surface area contributed by atoms with E-state index < -0.39 is 0 Å². The summed E-state index contributed by atoms with van der Waals surface area (Å²) in [5.74, 6) is 2.47. The molecule has 2 nitrogen and oxygen atoms in total. The molecule has 0 amide bonds. The van der Waals surface area contributed by atoms with Gasteiger partial charge in [-0.2, -0.15) is 11.8 Å². The smallest absolute Gasteiger partial charge is 0.0192 e. The van der Waals surface area contributed by atoms with Crippen molar-refractivity contribution in [3.8, 4) is 0 Å². The second kappa shape index (κ2) is 7.55. The van der Waals surface area contributed by atoms with Gasteiger partial charge in [0.15, 0.2) is 0 Å². The number of rotatable bonds is 6. The van der Waals surface area contributed by atoms with Crippen LogP contribution in [0.4, 0.5) is 0 Å². The Morgan fingerprint density at radius 3 is 3.00 bits per heavy atom. The van der Waals surface area contributed by atoms with E-state index in [1.54, 1.807) is 0 Å². The molecule has 0 aliphatic carbocycles. The normalized spacial score (nSPS) is 24.9. The zero-order valence-corrected chi connectivity index (χ0v) is 10.3. The summed E-state index contributed by atoms with van der Waals surface area (Å²) in [6, 6.07) is 1.38. The fourth-order valence-corrected chi connectivity index (χ4v) is 2.50. The van der Waals surface area contributed by atoms with Gasteiger partial charge >= 0.3 is 0 Å². The summed E-state index contributed by atoms with van der Waals surface area (Å²) in [7, 11) is 0. The van der Waals surface area contributed by atoms with Crippen molar-refractivity contribution in [3.05, 3.63) is 0 Å². The van der Waals surface area contributed by atoms with E-state index in [1.807, 2.05) is 11.8 Å². The molecule has 84 valence electrons. The van der Waals surface area contributed by atoms with Crippen molar-refractivity contribution in [2.75, 3.05) is 24.6 Å². The van der Waals surface area contributed by atoms with Crippen LogP contribution < -0.4 is 10.6 Å². The van der Waals surface area contributed by atoms with Gasteiger partial charge < -0.3 is 10.6 Å². The fraction of sp³-hybridized carbons (Fsp3) is 1.00. The Hall–Kier alpha value is 0.270. The zero-order chi connectivity index (χ0) is 10.2. The summed E-state index contributed by atoms with van der Waals surface area (Å²) in [6.45, 7) is 6.86. The highest BCUT2D eigenvalue weighted by molar-refractivity contribution is 7.99. The van der Waals surface area contributed by atoms with Crippen molar-refractivity contribution in [1.82, 2.24) is 10.6 Å².